The van der Waals surface area contributed by atoms with Crippen molar-refractivity contribution >= 4 is 166 Å². The van der Waals surface area contributed by atoms with Crippen LogP contribution in [-0.2, 0) is 19.6 Å². The van der Waals surface area contributed by atoms with E-state index in [-0.39, 0.29) is 49.9 Å². The molecule has 19 N–H and O–H groups in total. The van der Waals surface area contributed by atoms with Crippen molar-refractivity contribution in [2.45, 2.75) is 225 Å². The van der Waals surface area contributed by atoms with Gasteiger partial charge in [0.15, 0.2) is 0 Å². The van der Waals surface area contributed by atoms with Gasteiger partial charge in [-0.15, -0.1) is 0 Å². The lowest BCUT2D eigenvalue weighted by Gasteiger charge is -2.21. The second-order valence-electron chi connectivity index (χ2n) is 38.3. The number of aromatic nitrogens is 13. The maximum absolute atomic E-state index is 11.4. The van der Waals surface area contributed by atoms with Gasteiger partial charge in [0.05, 0.1) is 22.5 Å². The van der Waals surface area contributed by atoms with Gasteiger partial charge in [-0.2, -0.15) is 29.9 Å². The number of methoxy groups -OCH3 is 1. The summed E-state index contributed by atoms with van der Waals surface area (Å²) in [5.74, 6) is 7.85. The van der Waals surface area contributed by atoms with Gasteiger partial charge < -0.3 is 89.9 Å². The van der Waals surface area contributed by atoms with Crippen LogP contribution in [0.4, 0.5) is 116 Å². The number of carbonyl (C=O) groups is 3. The molecule has 0 atom stereocenters. The topological polar surface area (TPSA) is 486 Å². The van der Waals surface area contributed by atoms with Crippen LogP contribution in [0.5, 0.6) is 5.75 Å². The minimum Gasteiger partial charge on any atom is -0.496 e. The number of anilines is 20. The van der Waals surface area contributed by atoms with Crippen LogP contribution in [0, 0.1) is 48.5 Å². The highest BCUT2D eigenvalue weighted by molar-refractivity contribution is 7.89. The number of rotatable bonds is 23. The molecule has 0 saturated carbocycles. The van der Waals surface area contributed by atoms with E-state index in [9.17, 15) is 22.8 Å². The van der Waals surface area contributed by atoms with E-state index in [1.165, 1.54) is 26.0 Å². The third-order valence-electron chi connectivity index (χ3n) is 18.3. The van der Waals surface area contributed by atoms with Crippen molar-refractivity contribution < 1.29 is 27.5 Å². The molecule has 13 rings (SSSR count). The van der Waals surface area contributed by atoms with Gasteiger partial charge in [-0.25, -0.2) is 43.5 Å². The Hall–Kier alpha value is -14.7. The van der Waals surface area contributed by atoms with Gasteiger partial charge in [-0.05, 0) is 282 Å². The first kappa shape index (κ1) is 107. The average molecular weight is 1890 g/mol. The van der Waals surface area contributed by atoms with Crippen molar-refractivity contribution in [1.29, 1.82) is 0 Å². The van der Waals surface area contributed by atoms with Crippen LogP contribution < -0.4 is 90.0 Å². The van der Waals surface area contributed by atoms with Crippen molar-refractivity contribution in [3.8, 4) is 5.75 Å². The zero-order chi connectivity index (χ0) is 101. The number of fused-ring (bicyclic) bond motifs is 1. The first-order valence-electron chi connectivity index (χ1n) is 43.9. The van der Waals surface area contributed by atoms with Crippen LogP contribution in [0.2, 0.25) is 5.02 Å². The SMILES string of the molecule is CC(=O)Nc1cccc(Nc2nc(NC(C)(C)C)ncc2C)c1.CC(=O)Nc1cccc(Nc2nc(NC(C)(C)C)ncc2C)c1C.COc1cccc(Nc2ccnc(NC(C)(C)C)n2)c1C.Cc1cnc(NC(C)(C)C)nc1Nc1ccc(Cl)c2[nH]ccc12.Cc1cnc(NC(C)(C)C)nc1Nc1cccc(C(N)=O)c1.Cc1cnc(NC(C)(C)C)nc1Nc1cccc(S(N)(=O)=O)c1. The van der Waals surface area contributed by atoms with Crippen LogP contribution in [0.3, 0.4) is 0 Å². The molecule has 136 heavy (non-hydrogen) atoms. The van der Waals surface area contributed by atoms with E-state index in [4.69, 9.17) is 27.2 Å². The quantitative estimate of drug-likeness (QED) is 0.0283. The number of nitrogens with one attached hydrogen (secondary N) is 15. The lowest BCUT2D eigenvalue weighted by Crippen LogP contribution is -2.27. The van der Waals surface area contributed by atoms with Gasteiger partial charge in [-0.1, -0.05) is 41.9 Å². The lowest BCUT2D eigenvalue weighted by molar-refractivity contribution is -0.115. The average Bonchev–Trinajstić information content (AvgIpc) is 1.62. The van der Waals surface area contributed by atoms with E-state index in [1.54, 1.807) is 68.4 Å². The fourth-order valence-electron chi connectivity index (χ4n) is 12.1. The number of hydrogen-bond acceptors (Lipinski definition) is 30. The number of nitrogens with zero attached hydrogens (tertiary/aromatic N) is 12. The number of primary amides is 1. The number of benzene rings is 6. The highest BCUT2D eigenvalue weighted by atomic mass is 35.5. The van der Waals surface area contributed by atoms with E-state index in [0.717, 1.165) is 119 Å². The van der Waals surface area contributed by atoms with Crippen LogP contribution in [0.15, 0.2) is 182 Å². The number of aryl methyl sites for hydroxylation is 5. The molecule has 0 aliphatic rings. The first-order chi connectivity index (χ1) is 63.4. The van der Waals surface area contributed by atoms with Gasteiger partial charge in [0.25, 0.3) is 0 Å². The fourth-order valence-corrected chi connectivity index (χ4v) is 12.9. The van der Waals surface area contributed by atoms with Crippen molar-refractivity contribution in [3.63, 3.8) is 0 Å². The summed E-state index contributed by atoms with van der Waals surface area (Å²) in [6.45, 7) is 53.6. The monoisotopic (exact) mass is 1890 g/mol. The van der Waals surface area contributed by atoms with Crippen LogP contribution in [0.1, 0.15) is 188 Å². The third kappa shape index (κ3) is 36.0. The maximum atomic E-state index is 11.4. The van der Waals surface area contributed by atoms with Crippen LogP contribution in [-0.4, -0.2) is 131 Å². The Bertz CT molecular complexity index is 6410. The molecule has 37 heteroatoms. The molecular formula is C99H132ClN29O6S. The molecule has 0 spiro atoms. The summed E-state index contributed by atoms with van der Waals surface area (Å²) >= 11 is 6.21. The highest BCUT2D eigenvalue weighted by Crippen LogP contribution is 2.35. The van der Waals surface area contributed by atoms with Gasteiger partial charge in [0.1, 0.15) is 40.7 Å². The Morgan fingerprint density at radius 2 is 0.743 bits per heavy atom. The number of primary sulfonamides is 1. The maximum Gasteiger partial charge on any atom is 0.248 e. The van der Waals surface area contributed by atoms with Crippen molar-refractivity contribution in [1.82, 2.24) is 64.8 Å². The molecule has 0 aliphatic heterocycles. The molecule has 0 saturated heterocycles. The second kappa shape index (κ2) is 46.3. The van der Waals surface area contributed by atoms with Crippen molar-refractivity contribution in [3.05, 3.63) is 226 Å². The van der Waals surface area contributed by atoms with Crippen LogP contribution in [0.25, 0.3) is 10.9 Å². The molecular weight excluding hydrogens is 1760 g/mol. The number of halogens is 1. The second-order valence-corrected chi connectivity index (χ2v) is 40.3. The molecule has 7 heterocycles. The summed E-state index contributed by atoms with van der Waals surface area (Å²) < 4.78 is 28.2. The number of aromatic amines is 1. The molecule has 0 radical (unpaired) electrons. The number of nitrogens with two attached hydrogens (primary N) is 2. The highest BCUT2D eigenvalue weighted by Gasteiger charge is 2.22. The summed E-state index contributed by atoms with van der Waals surface area (Å²) in [5, 5.41) is 51.5. The van der Waals surface area contributed by atoms with E-state index < -0.39 is 15.9 Å². The summed E-state index contributed by atoms with van der Waals surface area (Å²) in [6, 6.07) is 40.0. The Balaban J connectivity index is 0.000000201. The molecule has 0 unspecified atom stereocenters. The molecule has 0 aliphatic carbocycles. The number of amides is 3. The lowest BCUT2D eigenvalue weighted by atomic mass is 10.1. The van der Waals surface area contributed by atoms with E-state index in [0.29, 0.717) is 63.6 Å². The predicted molar refractivity (Wildman–Crippen MR) is 556 cm³/mol. The smallest absolute Gasteiger partial charge is 0.248 e. The van der Waals surface area contributed by atoms with Crippen molar-refractivity contribution in [2.75, 3.05) is 81.5 Å². The summed E-state index contributed by atoms with van der Waals surface area (Å²) in [4.78, 5) is 89.7. The van der Waals surface area contributed by atoms with Gasteiger partial charge in [-0.3, -0.25) is 14.4 Å². The number of carbonyl (C=O) groups excluding carboxylic acids is 3. The summed E-state index contributed by atoms with van der Waals surface area (Å²) in [7, 11) is -2.08. The summed E-state index contributed by atoms with van der Waals surface area (Å²) in [6.07, 6.45) is 12.4. The molecule has 7 aromatic heterocycles. The molecule has 0 bridgehead atoms. The Labute approximate surface area is 803 Å². The normalized spacial score (nSPS) is 11.3. The molecule has 3 amide bonds. The Morgan fingerprint density at radius 3 is 1.15 bits per heavy atom. The largest absolute Gasteiger partial charge is 0.496 e. The van der Waals surface area contributed by atoms with E-state index in [2.05, 4.69) is 222 Å². The fraction of sp³-hybridized carbons (Fsp3) is 0.343. The summed E-state index contributed by atoms with van der Waals surface area (Å²) in [5.41, 5.74) is 19.1. The number of sulfonamides is 1. The zero-order valence-electron chi connectivity index (χ0n) is 83.0. The number of ether oxygens (including phenoxy) is 1. The van der Waals surface area contributed by atoms with E-state index in [1.807, 2.05) is 193 Å². The molecule has 13 aromatic rings. The van der Waals surface area contributed by atoms with Gasteiger partial charge in [0, 0.05) is 180 Å². The minimum atomic E-state index is -3.75. The minimum absolute atomic E-state index is 0.0437. The Kier molecular flexibility index (Phi) is 36.4. The molecule has 722 valence electrons. The van der Waals surface area contributed by atoms with Gasteiger partial charge in [0.2, 0.25) is 63.4 Å². The van der Waals surface area contributed by atoms with Gasteiger partial charge >= 0.3 is 0 Å². The first-order valence-corrected chi connectivity index (χ1v) is 45.8. The molecule has 35 nitrogen and oxygen atoms in total. The zero-order valence-corrected chi connectivity index (χ0v) is 84.6. The standard InChI is InChI=1S/C18H25N5O.C17H20ClN5.C17H23N5O.C16H21N5O.C16H22N4O.C15H21N5O2S/c1-11-10-19-17(23-18(4,5)6)22-16(11)21-15-9-7-8-14(12(15)2)20-13(3)24;1-10-9-20-16(23-17(2,3)4)22-15(10)21-13-6-5-12(18)14-11(13)7-8-19-14;1-11-10-18-16(22-17(3,4)5)21-15(11)20-14-8-6-7-13(9-14)19-12(2)23;1-10-9-18-15(21-16(2,3)4)20-14(10)19-12-7-5-6-11(8-12)13(17)22;1-11-12(7-6-8-13(11)21-5)18-14-9-10-17-15(19-14)20-16(2,3)4;1-10-9-17-14(20-15(2,3)4)19-13(10)18-11-6-5-7-12(8-11)23(16,21)22/h7-10H,1-6H3,(H,20,24)(H2,19,21,22,23);5-9,19H,1-4H3,(H2,20,21,22,23);6-10H,1-5H3,(H,19,23)(H2,18,20,21,22);5-9H,1-4H3,(H2,17,22)(H2,18,19,20,21);6-10H,1-5H3,(H2,17,18,19,20);5-9H,1-4H3,(H2,16,21,22)(H2,17,18,19,20). The Morgan fingerprint density at radius 1 is 0.382 bits per heavy atom. The predicted octanol–water partition coefficient (Wildman–Crippen LogP) is 21.5. The van der Waals surface area contributed by atoms with Crippen LogP contribution >= 0.6 is 11.6 Å². The molecule has 0 fully saturated rings. The molecule has 6 aromatic carbocycles. The van der Waals surface area contributed by atoms with Crippen molar-refractivity contribution in [2.24, 2.45) is 10.9 Å². The number of hydrogen-bond donors (Lipinski definition) is 17. The third-order valence-corrected chi connectivity index (χ3v) is 19.5. The van der Waals surface area contributed by atoms with E-state index >= 15 is 0 Å². The number of H-pyrrole nitrogens is 1.